The third-order valence-electron chi connectivity index (χ3n) is 4.59. The number of aromatic nitrogens is 2. The Labute approximate surface area is 149 Å². The van der Waals surface area contributed by atoms with Crippen molar-refractivity contribution in [1.29, 1.82) is 0 Å². The zero-order valence-corrected chi connectivity index (χ0v) is 14.5. The molecule has 4 rings (SSSR count). The Morgan fingerprint density at radius 2 is 2.12 bits per heavy atom. The smallest absolute Gasteiger partial charge is 0.254 e. The maximum absolute atomic E-state index is 14.0. The van der Waals surface area contributed by atoms with Crippen molar-refractivity contribution in [2.45, 2.75) is 19.0 Å². The van der Waals surface area contributed by atoms with Crippen LogP contribution in [0.5, 0.6) is 0 Å². The summed E-state index contributed by atoms with van der Waals surface area (Å²) in [7, 11) is 0. The van der Waals surface area contributed by atoms with Gasteiger partial charge in [0.2, 0.25) is 0 Å². The SMILES string of the molecule is CC1(F)CCN(C(=O)c2ccc3c(c2)ncn3-c2cccc(Cl)c2)C1. The molecule has 0 saturated carbocycles. The van der Waals surface area contributed by atoms with E-state index >= 15 is 0 Å². The van der Waals surface area contributed by atoms with Gasteiger partial charge >= 0.3 is 0 Å². The molecule has 1 saturated heterocycles. The number of carbonyl (C=O) groups excluding carboxylic acids is 1. The number of nitrogens with zero attached hydrogens (tertiary/aromatic N) is 3. The first-order chi connectivity index (χ1) is 11.9. The van der Waals surface area contributed by atoms with Crippen molar-refractivity contribution in [3.8, 4) is 5.69 Å². The van der Waals surface area contributed by atoms with Crippen LogP contribution in [0.4, 0.5) is 4.39 Å². The second-order valence-corrected chi connectivity index (χ2v) is 7.12. The van der Waals surface area contributed by atoms with Gasteiger partial charge in [0.05, 0.1) is 17.6 Å². The summed E-state index contributed by atoms with van der Waals surface area (Å²) in [6.45, 7) is 2.12. The van der Waals surface area contributed by atoms with Crippen molar-refractivity contribution in [3.63, 3.8) is 0 Å². The van der Waals surface area contributed by atoms with Gasteiger partial charge in [-0.25, -0.2) is 9.37 Å². The number of halogens is 2. The Morgan fingerprint density at radius 1 is 1.28 bits per heavy atom. The van der Waals surface area contributed by atoms with Crippen LogP contribution in [0.15, 0.2) is 48.8 Å². The van der Waals surface area contributed by atoms with E-state index in [1.165, 1.54) is 6.92 Å². The lowest BCUT2D eigenvalue weighted by atomic mass is 10.1. The minimum Gasteiger partial charge on any atom is -0.335 e. The summed E-state index contributed by atoms with van der Waals surface area (Å²) in [6.07, 6.45) is 2.09. The fraction of sp³-hybridized carbons (Fsp3) is 0.263. The van der Waals surface area contributed by atoms with Crippen LogP contribution in [0.1, 0.15) is 23.7 Å². The molecule has 128 valence electrons. The van der Waals surface area contributed by atoms with Crippen molar-refractivity contribution in [2.75, 3.05) is 13.1 Å². The summed E-state index contributed by atoms with van der Waals surface area (Å²) in [5, 5.41) is 0.648. The predicted octanol–water partition coefficient (Wildman–Crippen LogP) is 4.25. The number of fused-ring (bicyclic) bond motifs is 1. The molecule has 0 N–H and O–H groups in total. The molecule has 0 aliphatic carbocycles. The van der Waals surface area contributed by atoms with Gasteiger partial charge in [-0.05, 0) is 43.3 Å². The van der Waals surface area contributed by atoms with Gasteiger partial charge in [-0.1, -0.05) is 17.7 Å². The number of benzene rings is 2. The third kappa shape index (κ3) is 3.00. The highest BCUT2D eigenvalue weighted by Crippen LogP contribution is 2.27. The zero-order chi connectivity index (χ0) is 17.6. The molecular formula is C19H17ClFN3O. The van der Waals surface area contributed by atoms with Crippen LogP contribution in [-0.4, -0.2) is 39.1 Å². The molecule has 2 aromatic carbocycles. The minimum absolute atomic E-state index is 0.140. The number of amides is 1. The number of alkyl halides is 1. The standard InChI is InChI=1S/C19H17ClFN3O/c1-19(21)7-8-23(11-19)18(25)13-5-6-17-16(9-13)22-12-24(17)15-4-2-3-14(20)10-15/h2-6,9-10,12H,7-8,11H2,1H3. The van der Waals surface area contributed by atoms with E-state index in [1.54, 1.807) is 23.4 Å². The van der Waals surface area contributed by atoms with Gasteiger partial charge in [-0.3, -0.25) is 9.36 Å². The van der Waals surface area contributed by atoms with Crippen molar-refractivity contribution in [1.82, 2.24) is 14.5 Å². The molecule has 6 heteroatoms. The molecule has 1 amide bonds. The maximum atomic E-state index is 14.0. The van der Waals surface area contributed by atoms with Crippen molar-refractivity contribution in [3.05, 3.63) is 59.4 Å². The number of carbonyl (C=O) groups is 1. The van der Waals surface area contributed by atoms with Crippen molar-refractivity contribution < 1.29 is 9.18 Å². The summed E-state index contributed by atoms with van der Waals surface area (Å²) in [5.74, 6) is -0.152. The van der Waals surface area contributed by atoms with Crippen LogP contribution in [-0.2, 0) is 0 Å². The lowest BCUT2D eigenvalue weighted by Crippen LogP contribution is -2.31. The first-order valence-electron chi connectivity index (χ1n) is 8.14. The molecule has 25 heavy (non-hydrogen) atoms. The molecule has 0 bridgehead atoms. The average Bonchev–Trinajstić information content (AvgIpc) is 3.16. The van der Waals surface area contributed by atoms with Crippen LogP contribution in [0.3, 0.4) is 0 Å². The molecule has 2 heterocycles. The molecule has 4 nitrogen and oxygen atoms in total. The molecule has 0 spiro atoms. The second kappa shape index (κ2) is 5.85. The highest BCUT2D eigenvalue weighted by atomic mass is 35.5. The topological polar surface area (TPSA) is 38.1 Å². The Hall–Kier alpha value is -2.40. The van der Waals surface area contributed by atoms with Gasteiger partial charge in [0.1, 0.15) is 12.0 Å². The first kappa shape index (κ1) is 16.1. The Bertz CT molecular complexity index is 966. The van der Waals surface area contributed by atoms with E-state index in [9.17, 15) is 9.18 Å². The summed E-state index contributed by atoms with van der Waals surface area (Å²) in [6, 6.07) is 12.9. The molecule has 1 aliphatic rings. The number of hydrogen-bond donors (Lipinski definition) is 0. The van der Waals surface area contributed by atoms with Crippen molar-refractivity contribution in [2.24, 2.45) is 0 Å². The van der Waals surface area contributed by atoms with Crippen LogP contribution in [0, 0.1) is 0 Å². The normalized spacial score (nSPS) is 20.4. The molecule has 0 radical (unpaired) electrons. The van der Waals surface area contributed by atoms with E-state index in [0.29, 0.717) is 29.1 Å². The first-order valence-corrected chi connectivity index (χ1v) is 8.52. The van der Waals surface area contributed by atoms with Crippen LogP contribution in [0.25, 0.3) is 16.7 Å². The quantitative estimate of drug-likeness (QED) is 0.687. The van der Waals surface area contributed by atoms with Gasteiger partial charge in [-0.15, -0.1) is 0 Å². The Balaban J connectivity index is 1.67. The summed E-state index contributed by atoms with van der Waals surface area (Å²) < 4.78 is 15.9. The molecule has 1 fully saturated rings. The summed E-state index contributed by atoms with van der Waals surface area (Å²) in [4.78, 5) is 18.6. The van der Waals surface area contributed by atoms with E-state index < -0.39 is 5.67 Å². The number of hydrogen-bond acceptors (Lipinski definition) is 2. The number of likely N-dealkylation sites (tertiary alicyclic amines) is 1. The van der Waals surface area contributed by atoms with Gasteiger partial charge in [0.25, 0.3) is 5.91 Å². The van der Waals surface area contributed by atoms with Gasteiger partial charge in [0, 0.05) is 29.2 Å². The van der Waals surface area contributed by atoms with Gasteiger partial charge < -0.3 is 4.90 Å². The molecule has 1 unspecified atom stereocenters. The minimum atomic E-state index is -1.30. The molecule has 1 aromatic heterocycles. The van der Waals surface area contributed by atoms with E-state index in [2.05, 4.69) is 4.98 Å². The Morgan fingerprint density at radius 3 is 2.84 bits per heavy atom. The molecule has 3 aromatic rings. The van der Waals surface area contributed by atoms with E-state index in [0.717, 1.165) is 11.2 Å². The van der Waals surface area contributed by atoms with E-state index in [1.807, 2.05) is 34.9 Å². The van der Waals surface area contributed by atoms with Crippen LogP contribution < -0.4 is 0 Å². The van der Waals surface area contributed by atoms with Crippen LogP contribution >= 0.6 is 11.6 Å². The summed E-state index contributed by atoms with van der Waals surface area (Å²) >= 11 is 6.06. The number of rotatable bonds is 2. The highest BCUT2D eigenvalue weighted by molar-refractivity contribution is 6.30. The fourth-order valence-electron chi connectivity index (χ4n) is 3.26. The van der Waals surface area contributed by atoms with Crippen molar-refractivity contribution >= 4 is 28.5 Å². The lowest BCUT2D eigenvalue weighted by Gasteiger charge is -2.17. The van der Waals surface area contributed by atoms with Crippen LogP contribution in [0.2, 0.25) is 5.02 Å². The third-order valence-corrected chi connectivity index (χ3v) is 4.83. The average molecular weight is 358 g/mol. The monoisotopic (exact) mass is 357 g/mol. The van der Waals surface area contributed by atoms with E-state index in [4.69, 9.17) is 11.6 Å². The maximum Gasteiger partial charge on any atom is 0.254 e. The molecule has 1 atom stereocenters. The van der Waals surface area contributed by atoms with Gasteiger partial charge in [-0.2, -0.15) is 0 Å². The summed E-state index contributed by atoms with van der Waals surface area (Å²) in [5.41, 5.74) is 1.74. The predicted molar refractivity (Wildman–Crippen MR) is 96.1 cm³/mol. The highest BCUT2D eigenvalue weighted by Gasteiger charge is 2.36. The van der Waals surface area contributed by atoms with E-state index in [-0.39, 0.29) is 12.5 Å². The largest absolute Gasteiger partial charge is 0.335 e. The zero-order valence-electron chi connectivity index (χ0n) is 13.7. The molecular weight excluding hydrogens is 341 g/mol. The fourth-order valence-corrected chi connectivity index (χ4v) is 3.44. The molecule has 1 aliphatic heterocycles. The Kier molecular flexibility index (Phi) is 3.76. The number of imidazole rings is 1. The lowest BCUT2D eigenvalue weighted by molar-refractivity contribution is 0.0761. The van der Waals surface area contributed by atoms with Gasteiger partial charge in [0.15, 0.2) is 0 Å². The second-order valence-electron chi connectivity index (χ2n) is 6.69.